The van der Waals surface area contributed by atoms with Gasteiger partial charge in [0.25, 0.3) is 0 Å². The number of halogens is 3. The van der Waals surface area contributed by atoms with Crippen LogP contribution < -0.4 is 0 Å². The van der Waals surface area contributed by atoms with Gasteiger partial charge in [-0.1, -0.05) is 11.6 Å². The van der Waals surface area contributed by atoms with Crippen molar-refractivity contribution in [1.29, 1.82) is 0 Å². The molecule has 0 fully saturated rings. The fourth-order valence-corrected chi connectivity index (χ4v) is 2.86. The number of aromatic nitrogens is 2. The van der Waals surface area contributed by atoms with Gasteiger partial charge in [0.15, 0.2) is 0 Å². The summed E-state index contributed by atoms with van der Waals surface area (Å²) in [6, 6.07) is 5.07. The maximum atomic E-state index is 12.3. The Kier molecular flexibility index (Phi) is 3.70. The number of carbonyl (C=O) groups is 1. The first-order valence-electron chi connectivity index (χ1n) is 4.68. The second kappa shape index (κ2) is 4.92. The summed E-state index contributed by atoms with van der Waals surface area (Å²) in [5.41, 5.74) is 1.06. The minimum absolute atomic E-state index is 0.111. The monoisotopic (exact) mass is 376 g/mol. The molecule has 1 aromatic heterocycles. The molecule has 88 valence electrons. The van der Waals surface area contributed by atoms with Crippen molar-refractivity contribution in [3.8, 4) is 0 Å². The van der Waals surface area contributed by atoms with Crippen LogP contribution in [0.25, 0.3) is 0 Å². The van der Waals surface area contributed by atoms with E-state index >= 15 is 0 Å². The van der Waals surface area contributed by atoms with Gasteiger partial charge in [-0.3, -0.25) is 9.48 Å². The number of ketones is 1. The Morgan fingerprint density at radius 1 is 1.35 bits per heavy atom. The molecule has 2 aromatic rings. The van der Waals surface area contributed by atoms with Gasteiger partial charge in [-0.25, -0.2) is 0 Å². The molecule has 1 aromatic carbocycles. The highest BCUT2D eigenvalue weighted by molar-refractivity contribution is 9.10. The van der Waals surface area contributed by atoms with Crippen molar-refractivity contribution in [2.75, 3.05) is 0 Å². The molecule has 17 heavy (non-hydrogen) atoms. The van der Waals surface area contributed by atoms with Gasteiger partial charge in [-0.2, -0.15) is 5.10 Å². The van der Waals surface area contributed by atoms with Crippen molar-refractivity contribution in [2.45, 2.75) is 0 Å². The lowest BCUT2D eigenvalue weighted by Crippen LogP contribution is -2.09. The van der Waals surface area contributed by atoms with Crippen molar-refractivity contribution < 1.29 is 4.79 Å². The molecule has 2 rings (SSSR count). The van der Waals surface area contributed by atoms with E-state index in [-0.39, 0.29) is 5.78 Å². The first kappa shape index (κ1) is 12.8. The van der Waals surface area contributed by atoms with Gasteiger partial charge in [-0.05, 0) is 50.1 Å². The van der Waals surface area contributed by atoms with Crippen LogP contribution in [0, 0.1) is 0 Å². The molecule has 0 saturated carbocycles. The smallest absolute Gasteiger partial charge is 0.213 e. The maximum Gasteiger partial charge on any atom is 0.213 e. The number of nitrogens with zero attached hydrogens (tertiary/aromatic N) is 2. The maximum absolute atomic E-state index is 12.3. The molecule has 0 amide bonds. The Hall–Kier alpha value is -0.650. The highest BCUT2D eigenvalue weighted by atomic mass is 79.9. The van der Waals surface area contributed by atoms with Crippen LogP contribution in [0.5, 0.6) is 0 Å². The summed E-state index contributed by atoms with van der Waals surface area (Å²) in [5, 5.41) is 4.60. The molecule has 3 nitrogen and oxygen atoms in total. The van der Waals surface area contributed by atoms with E-state index < -0.39 is 0 Å². The van der Waals surface area contributed by atoms with Crippen LogP contribution in [0.2, 0.25) is 5.02 Å². The highest BCUT2D eigenvalue weighted by Crippen LogP contribution is 2.26. The topological polar surface area (TPSA) is 34.9 Å². The van der Waals surface area contributed by atoms with E-state index in [1.807, 2.05) is 0 Å². The lowest BCUT2D eigenvalue weighted by molar-refractivity contribution is 0.102. The summed E-state index contributed by atoms with van der Waals surface area (Å²) in [6.45, 7) is 0. The summed E-state index contributed by atoms with van der Waals surface area (Å²) in [7, 11) is 1.72. The molecule has 0 N–H and O–H groups in total. The van der Waals surface area contributed by atoms with Crippen LogP contribution in [-0.4, -0.2) is 15.6 Å². The number of hydrogen-bond donors (Lipinski definition) is 0. The van der Waals surface area contributed by atoms with Crippen molar-refractivity contribution >= 4 is 49.2 Å². The summed E-state index contributed by atoms with van der Waals surface area (Å²) in [6.07, 6.45) is 1.59. The number of aryl methyl sites for hydroxylation is 1. The first-order chi connectivity index (χ1) is 8.00. The van der Waals surface area contributed by atoms with E-state index in [1.54, 1.807) is 31.4 Å². The minimum atomic E-state index is -0.111. The van der Waals surface area contributed by atoms with Gasteiger partial charge in [0.1, 0.15) is 5.69 Å². The Bertz CT molecular complexity index is 576. The van der Waals surface area contributed by atoms with E-state index in [1.165, 1.54) is 4.68 Å². The zero-order valence-electron chi connectivity index (χ0n) is 8.75. The van der Waals surface area contributed by atoms with Gasteiger partial charge in [0.05, 0.1) is 10.7 Å². The summed E-state index contributed by atoms with van der Waals surface area (Å²) in [5.74, 6) is -0.111. The molecule has 0 aliphatic heterocycles. The highest BCUT2D eigenvalue weighted by Gasteiger charge is 2.19. The van der Waals surface area contributed by atoms with Gasteiger partial charge in [0, 0.05) is 22.1 Å². The number of hydrogen-bond acceptors (Lipinski definition) is 2. The Labute approximate surface area is 120 Å². The predicted octanol–water partition coefficient (Wildman–Crippen LogP) is 3.83. The van der Waals surface area contributed by atoms with Crippen LogP contribution >= 0.6 is 43.5 Å². The number of rotatable bonds is 2. The third-order valence-corrected chi connectivity index (χ3v) is 3.76. The quantitative estimate of drug-likeness (QED) is 0.745. The summed E-state index contributed by atoms with van der Waals surface area (Å²) in [4.78, 5) is 12.3. The minimum Gasteiger partial charge on any atom is -0.287 e. The van der Waals surface area contributed by atoms with Crippen molar-refractivity contribution in [1.82, 2.24) is 9.78 Å². The molecule has 1 heterocycles. The van der Waals surface area contributed by atoms with Gasteiger partial charge in [0.2, 0.25) is 5.78 Å². The van der Waals surface area contributed by atoms with Crippen molar-refractivity contribution in [3.05, 3.63) is 49.6 Å². The Balaban J connectivity index is 2.51. The summed E-state index contributed by atoms with van der Waals surface area (Å²) >= 11 is 12.5. The van der Waals surface area contributed by atoms with E-state index in [4.69, 9.17) is 11.6 Å². The van der Waals surface area contributed by atoms with E-state index in [9.17, 15) is 4.79 Å². The van der Waals surface area contributed by atoms with Crippen LogP contribution in [0.15, 0.2) is 33.3 Å². The SMILES string of the molecule is Cn1ncc(Br)c1C(=O)c1ccc(Cl)cc1Br. The number of benzene rings is 1. The van der Waals surface area contributed by atoms with Crippen LogP contribution in [0.1, 0.15) is 16.1 Å². The zero-order chi connectivity index (χ0) is 12.6. The standard InChI is InChI=1S/C11H7Br2ClN2O/c1-16-10(9(13)5-15-16)11(17)7-3-2-6(14)4-8(7)12/h2-5H,1H3. The third-order valence-electron chi connectivity index (χ3n) is 2.28. The molecule has 0 bridgehead atoms. The Morgan fingerprint density at radius 3 is 2.59 bits per heavy atom. The van der Waals surface area contributed by atoms with Crippen molar-refractivity contribution in [2.24, 2.45) is 7.05 Å². The second-order valence-corrected chi connectivity index (χ2v) is 5.56. The molecule has 0 radical (unpaired) electrons. The molecule has 0 aliphatic rings. The Morgan fingerprint density at radius 2 is 2.06 bits per heavy atom. The average Bonchev–Trinajstić information content (AvgIpc) is 2.58. The molecule has 0 unspecified atom stereocenters. The second-order valence-electron chi connectivity index (χ2n) is 3.42. The zero-order valence-corrected chi connectivity index (χ0v) is 12.7. The predicted molar refractivity (Wildman–Crippen MR) is 73.5 cm³/mol. The fraction of sp³-hybridized carbons (Fsp3) is 0.0909. The molecular formula is C11H7Br2ClN2O. The van der Waals surface area contributed by atoms with E-state index in [0.717, 1.165) is 0 Å². The molecule has 0 atom stereocenters. The third kappa shape index (κ3) is 2.46. The molecule has 6 heteroatoms. The lowest BCUT2D eigenvalue weighted by Gasteiger charge is -2.05. The lowest BCUT2D eigenvalue weighted by atomic mass is 10.1. The average molecular weight is 378 g/mol. The van der Waals surface area contributed by atoms with Crippen LogP contribution in [0.4, 0.5) is 0 Å². The normalized spacial score (nSPS) is 10.6. The molecule has 0 aliphatic carbocycles. The fourth-order valence-electron chi connectivity index (χ4n) is 1.47. The van der Waals surface area contributed by atoms with E-state index in [0.29, 0.717) is 25.2 Å². The van der Waals surface area contributed by atoms with Crippen LogP contribution in [-0.2, 0) is 7.05 Å². The summed E-state index contributed by atoms with van der Waals surface area (Å²) < 4.78 is 2.88. The number of carbonyl (C=O) groups excluding carboxylic acids is 1. The van der Waals surface area contributed by atoms with Gasteiger partial charge < -0.3 is 0 Å². The molecule has 0 spiro atoms. The van der Waals surface area contributed by atoms with Crippen molar-refractivity contribution in [3.63, 3.8) is 0 Å². The van der Waals surface area contributed by atoms with Crippen LogP contribution in [0.3, 0.4) is 0 Å². The largest absolute Gasteiger partial charge is 0.287 e. The molecule has 0 saturated heterocycles. The van der Waals surface area contributed by atoms with Gasteiger partial charge in [-0.15, -0.1) is 0 Å². The van der Waals surface area contributed by atoms with Gasteiger partial charge >= 0.3 is 0 Å². The first-order valence-corrected chi connectivity index (χ1v) is 6.64. The van der Waals surface area contributed by atoms with E-state index in [2.05, 4.69) is 37.0 Å². The molecular weight excluding hydrogens is 371 g/mol.